The number of hydrogen-bond donors (Lipinski definition) is 1. The Kier molecular flexibility index (Phi) is 4.53. The van der Waals surface area contributed by atoms with E-state index < -0.39 is 0 Å². The molecule has 0 saturated heterocycles. The summed E-state index contributed by atoms with van der Waals surface area (Å²) in [5, 5.41) is 3.36. The normalized spacial score (nSPS) is 12.2. The number of nitrogens with one attached hydrogen (secondary N) is 1. The minimum atomic E-state index is 0.234. The van der Waals surface area contributed by atoms with Crippen molar-refractivity contribution in [3.05, 3.63) is 59.4 Å². The average Bonchev–Trinajstić information content (AvgIpc) is 2.46. The van der Waals surface area contributed by atoms with Crippen LogP contribution in [-0.4, -0.2) is 19.1 Å². The van der Waals surface area contributed by atoms with Gasteiger partial charge in [0.05, 0.1) is 7.11 Å². The topological polar surface area (TPSA) is 34.2 Å². The highest BCUT2D eigenvalue weighted by molar-refractivity contribution is 5.40. The van der Waals surface area contributed by atoms with Crippen LogP contribution in [0.1, 0.15) is 22.7 Å². The Bertz CT molecular complexity index is 526. The van der Waals surface area contributed by atoms with Crippen LogP contribution in [0.3, 0.4) is 0 Å². The highest BCUT2D eigenvalue weighted by Crippen LogP contribution is 2.28. The van der Waals surface area contributed by atoms with Gasteiger partial charge in [-0.2, -0.15) is 0 Å². The van der Waals surface area contributed by atoms with Gasteiger partial charge in [-0.3, -0.25) is 4.98 Å². The molecule has 19 heavy (non-hydrogen) atoms. The average molecular weight is 256 g/mol. The maximum Gasteiger partial charge on any atom is 0.123 e. The molecule has 0 radical (unpaired) electrons. The first kappa shape index (κ1) is 13.6. The Labute approximate surface area is 114 Å². The molecule has 1 aromatic heterocycles. The van der Waals surface area contributed by atoms with E-state index in [4.69, 9.17) is 4.74 Å². The lowest BCUT2D eigenvalue weighted by Crippen LogP contribution is -2.19. The minimum Gasteiger partial charge on any atom is -0.496 e. The third-order valence-corrected chi connectivity index (χ3v) is 3.30. The minimum absolute atomic E-state index is 0.234. The Morgan fingerprint density at radius 3 is 2.58 bits per heavy atom. The molecule has 1 N–H and O–H groups in total. The summed E-state index contributed by atoms with van der Waals surface area (Å²) in [6.45, 7) is 2.07. The van der Waals surface area contributed by atoms with Gasteiger partial charge < -0.3 is 10.1 Å². The van der Waals surface area contributed by atoms with Gasteiger partial charge in [0.15, 0.2) is 0 Å². The fraction of sp³-hybridized carbons (Fsp3) is 0.312. The van der Waals surface area contributed by atoms with E-state index in [1.54, 1.807) is 7.11 Å². The predicted octanol–water partition coefficient (Wildman–Crippen LogP) is 2.90. The van der Waals surface area contributed by atoms with Crippen molar-refractivity contribution in [1.29, 1.82) is 0 Å². The maximum atomic E-state index is 5.49. The number of aryl methyl sites for hydroxylation is 1. The second kappa shape index (κ2) is 6.34. The first-order chi connectivity index (χ1) is 9.24. The van der Waals surface area contributed by atoms with Crippen molar-refractivity contribution >= 4 is 0 Å². The van der Waals surface area contributed by atoms with Crippen molar-refractivity contribution < 1.29 is 4.74 Å². The van der Waals surface area contributed by atoms with Crippen LogP contribution in [0.25, 0.3) is 0 Å². The summed E-state index contributed by atoms with van der Waals surface area (Å²) >= 11 is 0. The molecule has 2 rings (SSSR count). The predicted molar refractivity (Wildman–Crippen MR) is 77.5 cm³/mol. The Balaban J connectivity index is 2.27. The van der Waals surface area contributed by atoms with Crippen LogP contribution in [0.5, 0.6) is 5.75 Å². The molecule has 3 nitrogen and oxygen atoms in total. The molecule has 1 atom stereocenters. The van der Waals surface area contributed by atoms with Gasteiger partial charge in [0.1, 0.15) is 5.75 Å². The van der Waals surface area contributed by atoms with Gasteiger partial charge >= 0.3 is 0 Å². The van der Waals surface area contributed by atoms with Crippen molar-refractivity contribution in [3.8, 4) is 5.75 Å². The van der Waals surface area contributed by atoms with Crippen molar-refractivity contribution in [2.45, 2.75) is 19.4 Å². The molecule has 0 aliphatic rings. The Morgan fingerprint density at radius 2 is 1.95 bits per heavy atom. The summed E-state index contributed by atoms with van der Waals surface area (Å²) in [6, 6.07) is 10.7. The first-order valence-corrected chi connectivity index (χ1v) is 6.45. The maximum absolute atomic E-state index is 5.49. The third kappa shape index (κ3) is 3.32. The van der Waals surface area contributed by atoms with E-state index in [2.05, 4.69) is 35.4 Å². The van der Waals surface area contributed by atoms with E-state index in [1.807, 2.05) is 31.6 Å². The van der Waals surface area contributed by atoms with E-state index in [9.17, 15) is 0 Å². The molecule has 0 bridgehead atoms. The van der Waals surface area contributed by atoms with Crippen LogP contribution in [0.15, 0.2) is 42.7 Å². The molecular weight excluding hydrogens is 236 g/mol. The molecule has 0 aliphatic carbocycles. The highest BCUT2D eigenvalue weighted by atomic mass is 16.5. The van der Waals surface area contributed by atoms with Crippen LogP contribution in [-0.2, 0) is 6.42 Å². The second-order valence-electron chi connectivity index (χ2n) is 4.65. The molecule has 0 spiro atoms. The van der Waals surface area contributed by atoms with Gasteiger partial charge in [-0.25, -0.2) is 0 Å². The Hall–Kier alpha value is -1.87. The number of hydrogen-bond acceptors (Lipinski definition) is 3. The van der Waals surface area contributed by atoms with Gasteiger partial charge in [0.25, 0.3) is 0 Å². The van der Waals surface area contributed by atoms with E-state index in [-0.39, 0.29) is 6.04 Å². The molecule has 3 heteroatoms. The van der Waals surface area contributed by atoms with Crippen molar-refractivity contribution in [1.82, 2.24) is 10.3 Å². The summed E-state index contributed by atoms with van der Waals surface area (Å²) in [5.41, 5.74) is 3.66. The number of likely N-dealkylation sites (N-methyl/N-ethyl adjacent to an activating group) is 1. The summed E-state index contributed by atoms with van der Waals surface area (Å²) in [5.74, 6) is 0.938. The zero-order chi connectivity index (χ0) is 13.7. The lowest BCUT2D eigenvalue weighted by molar-refractivity contribution is 0.401. The SMILES string of the molecule is CNC(Cc1ccncc1)c1ccc(C)cc1OC. The molecular formula is C16H20N2O. The standard InChI is InChI=1S/C16H20N2O/c1-12-4-5-14(16(10-12)19-3)15(17-2)11-13-6-8-18-9-7-13/h4-10,15,17H,11H2,1-3H3. The lowest BCUT2D eigenvalue weighted by atomic mass is 9.98. The van der Waals surface area contributed by atoms with Crippen molar-refractivity contribution in [2.75, 3.05) is 14.2 Å². The quantitative estimate of drug-likeness (QED) is 0.893. The lowest BCUT2D eigenvalue weighted by Gasteiger charge is -2.20. The number of benzene rings is 1. The van der Waals surface area contributed by atoms with Crippen molar-refractivity contribution in [2.24, 2.45) is 0 Å². The number of methoxy groups -OCH3 is 1. The molecule has 1 heterocycles. The molecule has 0 aliphatic heterocycles. The van der Waals surface area contributed by atoms with Crippen molar-refractivity contribution in [3.63, 3.8) is 0 Å². The third-order valence-electron chi connectivity index (χ3n) is 3.30. The monoisotopic (exact) mass is 256 g/mol. The van der Waals surface area contributed by atoms with Gasteiger partial charge in [-0.15, -0.1) is 0 Å². The number of aromatic nitrogens is 1. The summed E-state index contributed by atoms with van der Waals surface area (Å²) in [4.78, 5) is 4.05. The second-order valence-corrected chi connectivity index (χ2v) is 4.65. The Morgan fingerprint density at radius 1 is 1.21 bits per heavy atom. The molecule has 1 aromatic carbocycles. The number of ether oxygens (including phenoxy) is 1. The first-order valence-electron chi connectivity index (χ1n) is 6.45. The number of pyridine rings is 1. The fourth-order valence-electron chi connectivity index (χ4n) is 2.23. The fourth-order valence-corrected chi connectivity index (χ4v) is 2.23. The summed E-state index contributed by atoms with van der Waals surface area (Å²) in [6.07, 6.45) is 4.57. The molecule has 1 unspecified atom stereocenters. The molecule has 100 valence electrons. The molecule has 0 amide bonds. The van der Waals surface area contributed by atoms with E-state index >= 15 is 0 Å². The number of rotatable bonds is 5. The van der Waals surface area contributed by atoms with E-state index in [1.165, 1.54) is 16.7 Å². The highest BCUT2D eigenvalue weighted by Gasteiger charge is 2.15. The smallest absolute Gasteiger partial charge is 0.123 e. The van der Waals surface area contributed by atoms with E-state index in [0.29, 0.717) is 0 Å². The van der Waals surface area contributed by atoms with E-state index in [0.717, 1.165) is 12.2 Å². The van der Waals surface area contributed by atoms with Gasteiger partial charge in [0.2, 0.25) is 0 Å². The number of nitrogens with zero attached hydrogens (tertiary/aromatic N) is 1. The van der Waals surface area contributed by atoms with Crippen LogP contribution in [0.4, 0.5) is 0 Å². The molecule has 0 fully saturated rings. The molecule has 0 saturated carbocycles. The van der Waals surface area contributed by atoms with Crippen LogP contribution >= 0.6 is 0 Å². The molecule has 2 aromatic rings. The van der Waals surface area contributed by atoms with Gasteiger partial charge in [-0.05, 0) is 49.7 Å². The zero-order valence-corrected chi connectivity index (χ0v) is 11.7. The summed E-state index contributed by atoms with van der Waals surface area (Å²) in [7, 11) is 3.70. The van der Waals surface area contributed by atoms with Crippen LogP contribution < -0.4 is 10.1 Å². The summed E-state index contributed by atoms with van der Waals surface area (Å²) < 4.78 is 5.49. The zero-order valence-electron chi connectivity index (χ0n) is 11.7. The largest absolute Gasteiger partial charge is 0.496 e. The van der Waals surface area contributed by atoms with Gasteiger partial charge in [-0.1, -0.05) is 12.1 Å². The van der Waals surface area contributed by atoms with Crippen LogP contribution in [0, 0.1) is 6.92 Å². The van der Waals surface area contributed by atoms with Crippen LogP contribution in [0.2, 0.25) is 0 Å². The van der Waals surface area contributed by atoms with Gasteiger partial charge in [0, 0.05) is 24.0 Å².